The van der Waals surface area contributed by atoms with Crippen molar-refractivity contribution in [2.75, 3.05) is 7.05 Å². The average Bonchev–Trinajstić information content (AvgIpc) is 2.60. The van der Waals surface area contributed by atoms with Crippen molar-refractivity contribution in [1.29, 1.82) is 0 Å². The van der Waals surface area contributed by atoms with Crippen LogP contribution in [0.1, 0.15) is 35.8 Å². The van der Waals surface area contributed by atoms with Crippen molar-refractivity contribution in [3.63, 3.8) is 0 Å². The summed E-state index contributed by atoms with van der Waals surface area (Å²) in [6, 6.07) is 14.3. The number of aromatic amines is 1. The molecule has 128 valence electrons. The molecule has 4 nitrogen and oxygen atoms in total. The largest absolute Gasteiger partial charge is 0.325 e. The van der Waals surface area contributed by atoms with Gasteiger partial charge in [0, 0.05) is 17.0 Å². The minimum atomic E-state index is -0.103. The second-order valence-electron chi connectivity index (χ2n) is 6.84. The van der Waals surface area contributed by atoms with Crippen molar-refractivity contribution < 1.29 is 4.90 Å². The number of nitrogens with one attached hydrogen (secondary N) is 2. The van der Waals surface area contributed by atoms with Gasteiger partial charge in [-0.15, -0.1) is 0 Å². The normalized spacial score (nSPS) is 18.1. The van der Waals surface area contributed by atoms with E-state index in [9.17, 15) is 4.79 Å². The lowest BCUT2D eigenvalue weighted by atomic mass is 9.87. The molecule has 1 heterocycles. The molecule has 0 saturated carbocycles. The number of fused-ring (bicyclic) bond motifs is 2. The Morgan fingerprint density at radius 1 is 1.28 bits per heavy atom. The molecule has 1 aliphatic carbocycles. The smallest absolute Gasteiger partial charge is 0.258 e. The summed E-state index contributed by atoms with van der Waals surface area (Å²) in [4.78, 5) is 21.2. The van der Waals surface area contributed by atoms with Gasteiger partial charge >= 0.3 is 0 Å². The van der Waals surface area contributed by atoms with Crippen LogP contribution in [-0.4, -0.2) is 17.0 Å². The van der Waals surface area contributed by atoms with Gasteiger partial charge in [0.15, 0.2) is 5.82 Å². The summed E-state index contributed by atoms with van der Waals surface area (Å²) in [5, 5.41) is 1.17. The van der Waals surface area contributed by atoms with E-state index in [1.165, 1.54) is 22.4 Å². The topological polar surface area (TPSA) is 50.2 Å². The Morgan fingerprint density at radius 3 is 3.00 bits per heavy atom. The molecule has 1 aromatic heterocycles. The Morgan fingerprint density at radius 2 is 2.12 bits per heavy atom. The van der Waals surface area contributed by atoms with Gasteiger partial charge in [-0.1, -0.05) is 35.9 Å². The molecular weight excluding hydrogens is 334 g/mol. The van der Waals surface area contributed by atoms with Crippen LogP contribution in [0.2, 0.25) is 5.02 Å². The van der Waals surface area contributed by atoms with Gasteiger partial charge in [0.25, 0.3) is 5.56 Å². The highest BCUT2D eigenvalue weighted by Crippen LogP contribution is 2.27. The molecule has 25 heavy (non-hydrogen) atoms. The van der Waals surface area contributed by atoms with Gasteiger partial charge in [-0.25, -0.2) is 4.98 Å². The summed E-state index contributed by atoms with van der Waals surface area (Å²) in [5.74, 6) is 0.709. The molecule has 4 rings (SSSR count). The van der Waals surface area contributed by atoms with Crippen molar-refractivity contribution in [1.82, 2.24) is 9.97 Å². The molecule has 0 aliphatic heterocycles. The summed E-state index contributed by atoms with van der Waals surface area (Å²) in [6.07, 6.45) is 3.52. The van der Waals surface area contributed by atoms with Gasteiger partial charge in [-0.3, -0.25) is 4.79 Å². The Kier molecular flexibility index (Phi) is 4.32. The maximum absolute atomic E-state index is 12.3. The van der Waals surface area contributed by atoms with Crippen LogP contribution >= 0.6 is 11.6 Å². The number of aromatic nitrogens is 2. The average molecular weight is 355 g/mol. The van der Waals surface area contributed by atoms with E-state index in [2.05, 4.69) is 41.3 Å². The number of H-pyrrole nitrogens is 1. The highest BCUT2D eigenvalue weighted by atomic mass is 35.5. The molecule has 2 atom stereocenters. The Bertz CT molecular complexity index is 982. The zero-order chi connectivity index (χ0) is 17.4. The number of nitrogens with zero attached hydrogens (tertiary/aromatic N) is 1. The molecule has 0 radical (unpaired) electrons. The van der Waals surface area contributed by atoms with Crippen LogP contribution in [0.25, 0.3) is 10.9 Å². The predicted octanol–water partition coefficient (Wildman–Crippen LogP) is 2.67. The summed E-state index contributed by atoms with van der Waals surface area (Å²) < 4.78 is 0. The second-order valence-corrected chi connectivity index (χ2v) is 7.28. The first kappa shape index (κ1) is 16.3. The van der Waals surface area contributed by atoms with Crippen molar-refractivity contribution in [2.24, 2.45) is 0 Å². The minimum absolute atomic E-state index is 0.103. The van der Waals surface area contributed by atoms with Gasteiger partial charge in [-0.2, -0.15) is 0 Å². The lowest BCUT2D eigenvalue weighted by Gasteiger charge is -2.30. The molecule has 2 aromatic carbocycles. The van der Waals surface area contributed by atoms with E-state index in [4.69, 9.17) is 11.6 Å². The maximum Gasteiger partial charge on any atom is 0.258 e. The van der Waals surface area contributed by atoms with E-state index in [1.54, 1.807) is 18.2 Å². The van der Waals surface area contributed by atoms with Crippen LogP contribution in [-0.2, 0) is 13.0 Å². The number of rotatable bonds is 3. The molecule has 0 bridgehead atoms. The van der Waals surface area contributed by atoms with Gasteiger partial charge in [0.1, 0.15) is 12.6 Å². The zero-order valence-electron chi connectivity index (χ0n) is 14.2. The van der Waals surface area contributed by atoms with E-state index in [1.807, 2.05) is 0 Å². The van der Waals surface area contributed by atoms with Gasteiger partial charge < -0.3 is 9.88 Å². The van der Waals surface area contributed by atoms with E-state index in [0.717, 1.165) is 12.8 Å². The van der Waals surface area contributed by atoms with Crippen molar-refractivity contribution in [3.8, 4) is 0 Å². The lowest BCUT2D eigenvalue weighted by molar-refractivity contribution is -0.927. The zero-order valence-corrected chi connectivity index (χ0v) is 14.9. The molecule has 2 N–H and O–H groups in total. The predicted molar refractivity (Wildman–Crippen MR) is 100 cm³/mol. The monoisotopic (exact) mass is 354 g/mol. The van der Waals surface area contributed by atoms with Crippen LogP contribution in [0.4, 0.5) is 0 Å². The van der Waals surface area contributed by atoms with E-state index in [-0.39, 0.29) is 5.56 Å². The molecule has 0 amide bonds. The molecule has 3 aromatic rings. The lowest BCUT2D eigenvalue weighted by Crippen LogP contribution is -3.08. The molecule has 1 aliphatic rings. The quantitative estimate of drug-likeness (QED) is 0.759. The Labute approximate surface area is 151 Å². The van der Waals surface area contributed by atoms with Crippen LogP contribution < -0.4 is 10.5 Å². The third kappa shape index (κ3) is 3.20. The SMILES string of the molecule is C[NH+](Cc1nc2cc(Cl)ccc2c(=O)[nH]1)[C@@H]1CCCc2ccccc21. The number of hydrogen-bond acceptors (Lipinski definition) is 2. The van der Waals surface area contributed by atoms with E-state index >= 15 is 0 Å². The molecular formula is C20H21ClN3O+. The van der Waals surface area contributed by atoms with Crippen LogP contribution in [0.5, 0.6) is 0 Å². The maximum atomic E-state index is 12.3. The van der Waals surface area contributed by atoms with Crippen molar-refractivity contribution in [2.45, 2.75) is 31.8 Å². The second kappa shape index (κ2) is 6.62. The first-order chi connectivity index (χ1) is 12.1. The number of benzene rings is 2. The summed E-state index contributed by atoms with van der Waals surface area (Å²) >= 11 is 6.05. The van der Waals surface area contributed by atoms with Gasteiger partial charge in [-0.05, 0) is 36.6 Å². The first-order valence-corrected chi connectivity index (χ1v) is 9.08. The number of halogens is 1. The highest BCUT2D eigenvalue weighted by Gasteiger charge is 2.27. The molecule has 0 fully saturated rings. The van der Waals surface area contributed by atoms with E-state index in [0.29, 0.717) is 34.3 Å². The standard InChI is InChI=1S/C20H20ClN3O/c1-24(18-8-4-6-13-5-2-3-7-15(13)18)12-19-22-17-11-14(21)9-10-16(17)20(25)23-19/h2-3,5,7,9-11,18H,4,6,8,12H2,1H3,(H,22,23,25)/p+1/t18-/m1/s1. The van der Waals surface area contributed by atoms with Crippen LogP contribution in [0.3, 0.4) is 0 Å². The summed E-state index contributed by atoms with van der Waals surface area (Å²) in [7, 11) is 2.18. The third-order valence-electron chi connectivity index (χ3n) is 5.13. The molecule has 0 saturated heterocycles. The number of hydrogen-bond donors (Lipinski definition) is 2. The number of aryl methyl sites for hydroxylation is 1. The summed E-state index contributed by atoms with van der Waals surface area (Å²) in [5.41, 5.74) is 3.43. The summed E-state index contributed by atoms with van der Waals surface area (Å²) in [6.45, 7) is 0.677. The fourth-order valence-electron chi connectivity index (χ4n) is 3.90. The first-order valence-electron chi connectivity index (χ1n) is 8.70. The van der Waals surface area contributed by atoms with Gasteiger partial charge in [0.2, 0.25) is 0 Å². The van der Waals surface area contributed by atoms with Gasteiger partial charge in [0.05, 0.1) is 18.0 Å². The molecule has 0 spiro atoms. The third-order valence-corrected chi connectivity index (χ3v) is 5.36. The number of quaternary nitrogens is 1. The highest BCUT2D eigenvalue weighted by molar-refractivity contribution is 6.31. The van der Waals surface area contributed by atoms with Crippen LogP contribution in [0.15, 0.2) is 47.3 Å². The Balaban J connectivity index is 1.64. The fourth-order valence-corrected chi connectivity index (χ4v) is 4.06. The van der Waals surface area contributed by atoms with E-state index < -0.39 is 0 Å². The minimum Gasteiger partial charge on any atom is -0.325 e. The van der Waals surface area contributed by atoms with Crippen molar-refractivity contribution >= 4 is 22.5 Å². The molecule has 1 unspecified atom stereocenters. The van der Waals surface area contributed by atoms with Crippen LogP contribution in [0, 0.1) is 0 Å². The molecule has 5 heteroatoms. The fraction of sp³-hybridized carbons (Fsp3) is 0.300. The Hall–Kier alpha value is -2.17. The van der Waals surface area contributed by atoms with Crippen molar-refractivity contribution in [3.05, 3.63) is 74.8 Å².